The Morgan fingerprint density at radius 2 is 2.38 bits per heavy atom. The lowest BCUT2D eigenvalue weighted by atomic mass is 9.95. The Balaban J connectivity index is 3.04. The van der Waals surface area contributed by atoms with Gasteiger partial charge in [0.05, 0.1) is 5.92 Å². The van der Waals surface area contributed by atoms with E-state index in [1.807, 2.05) is 26.0 Å². The first kappa shape index (κ1) is 9.71. The highest BCUT2D eigenvalue weighted by Crippen LogP contribution is 2.20. The summed E-state index contributed by atoms with van der Waals surface area (Å²) in [5, 5.41) is 0. The molecule has 70 valence electrons. The van der Waals surface area contributed by atoms with Crippen LogP contribution >= 0.6 is 0 Å². The second-order valence-corrected chi connectivity index (χ2v) is 3.04. The highest BCUT2D eigenvalue weighted by atomic mass is 16.1. The SMILES string of the molecule is CCC(C(N)=O)c1cccnc1C. The number of primary amides is 1. The van der Waals surface area contributed by atoms with E-state index in [4.69, 9.17) is 5.73 Å². The van der Waals surface area contributed by atoms with Crippen molar-refractivity contribution < 1.29 is 4.79 Å². The van der Waals surface area contributed by atoms with Crippen molar-refractivity contribution in [1.29, 1.82) is 0 Å². The zero-order valence-corrected chi connectivity index (χ0v) is 7.95. The number of rotatable bonds is 3. The summed E-state index contributed by atoms with van der Waals surface area (Å²) in [6.45, 7) is 3.84. The molecule has 0 bridgehead atoms. The normalized spacial score (nSPS) is 12.5. The Bertz CT molecular complexity index is 310. The number of aryl methyl sites for hydroxylation is 1. The first-order valence-electron chi connectivity index (χ1n) is 4.37. The average molecular weight is 178 g/mol. The zero-order valence-electron chi connectivity index (χ0n) is 7.95. The fourth-order valence-electron chi connectivity index (χ4n) is 1.44. The van der Waals surface area contributed by atoms with Crippen LogP contribution in [0.3, 0.4) is 0 Å². The van der Waals surface area contributed by atoms with Crippen LogP contribution in [0.1, 0.15) is 30.5 Å². The number of nitrogens with two attached hydrogens (primary N) is 1. The minimum absolute atomic E-state index is 0.200. The van der Waals surface area contributed by atoms with Crippen molar-refractivity contribution in [1.82, 2.24) is 4.98 Å². The Morgan fingerprint density at radius 1 is 1.69 bits per heavy atom. The molecule has 0 saturated heterocycles. The molecule has 13 heavy (non-hydrogen) atoms. The molecule has 0 saturated carbocycles. The van der Waals surface area contributed by atoms with Gasteiger partial charge in [0, 0.05) is 11.9 Å². The fourth-order valence-corrected chi connectivity index (χ4v) is 1.44. The fraction of sp³-hybridized carbons (Fsp3) is 0.400. The van der Waals surface area contributed by atoms with Crippen LogP contribution in [0.2, 0.25) is 0 Å². The molecule has 1 amide bonds. The maximum Gasteiger partial charge on any atom is 0.225 e. The number of hydrogen-bond donors (Lipinski definition) is 1. The Morgan fingerprint density at radius 3 is 2.85 bits per heavy atom. The number of carbonyl (C=O) groups excluding carboxylic acids is 1. The predicted octanol–water partition coefficient (Wildman–Crippen LogP) is 1.37. The van der Waals surface area contributed by atoms with Crippen molar-refractivity contribution in [3.8, 4) is 0 Å². The van der Waals surface area contributed by atoms with Crippen LogP contribution in [0.4, 0.5) is 0 Å². The second-order valence-electron chi connectivity index (χ2n) is 3.04. The van der Waals surface area contributed by atoms with Crippen LogP contribution in [-0.2, 0) is 4.79 Å². The molecule has 1 atom stereocenters. The number of nitrogens with zero attached hydrogens (tertiary/aromatic N) is 1. The van der Waals surface area contributed by atoms with Crippen molar-refractivity contribution in [2.75, 3.05) is 0 Å². The van der Waals surface area contributed by atoms with Crippen LogP contribution in [-0.4, -0.2) is 10.9 Å². The van der Waals surface area contributed by atoms with E-state index in [1.165, 1.54) is 0 Å². The van der Waals surface area contributed by atoms with Gasteiger partial charge >= 0.3 is 0 Å². The van der Waals surface area contributed by atoms with Crippen molar-refractivity contribution in [2.45, 2.75) is 26.2 Å². The molecule has 0 radical (unpaired) electrons. The maximum atomic E-state index is 11.1. The summed E-state index contributed by atoms with van der Waals surface area (Å²) >= 11 is 0. The van der Waals surface area contributed by atoms with E-state index < -0.39 is 0 Å². The van der Waals surface area contributed by atoms with Crippen molar-refractivity contribution in [2.24, 2.45) is 5.73 Å². The number of hydrogen-bond acceptors (Lipinski definition) is 2. The molecular weight excluding hydrogens is 164 g/mol. The third-order valence-corrected chi connectivity index (χ3v) is 2.17. The molecule has 1 aromatic heterocycles. The van der Waals surface area contributed by atoms with Crippen LogP contribution in [0.15, 0.2) is 18.3 Å². The predicted molar refractivity (Wildman–Crippen MR) is 51.2 cm³/mol. The minimum atomic E-state index is -0.279. The standard InChI is InChI=1S/C10H14N2O/c1-3-8(10(11)13)9-5-4-6-12-7(9)2/h4-6,8H,3H2,1-2H3,(H2,11,13). The van der Waals surface area contributed by atoms with E-state index in [2.05, 4.69) is 4.98 Å². The molecule has 1 heterocycles. The lowest BCUT2D eigenvalue weighted by Gasteiger charge is -2.12. The molecule has 1 unspecified atom stereocenters. The van der Waals surface area contributed by atoms with Gasteiger partial charge in [-0.25, -0.2) is 0 Å². The molecule has 0 aromatic carbocycles. The first-order valence-corrected chi connectivity index (χ1v) is 4.37. The summed E-state index contributed by atoms with van der Waals surface area (Å²) in [7, 11) is 0. The molecule has 3 nitrogen and oxygen atoms in total. The number of carbonyl (C=O) groups is 1. The van der Waals surface area contributed by atoms with E-state index in [0.29, 0.717) is 0 Å². The van der Waals surface area contributed by atoms with Gasteiger partial charge in [-0.2, -0.15) is 0 Å². The quantitative estimate of drug-likeness (QED) is 0.760. The zero-order chi connectivity index (χ0) is 9.84. The van der Waals surface area contributed by atoms with Crippen molar-refractivity contribution in [3.05, 3.63) is 29.6 Å². The van der Waals surface area contributed by atoms with Crippen LogP contribution in [0.25, 0.3) is 0 Å². The van der Waals surface area contributed by atoms with Crippen molar-refractivity contribution >= 4 is 5.91 Å². The van der Waals surface area contributed by atoms with E-state index in [-0.39, 0.29) is 11.8 Å². The lowest BCUT2D eigenvalue weighted by molar-refractivity contribution is -0.119. The summed E-state index contributed by atoms with van der Waals surface area (Å²) in [4.78, 5) is 15.2. The summed E-state index contributed by atoms with van der Waals surface area (Å²) in [6.07, 6.45) is 2.44. The highest BCUT2D eigenvalue weighted by molar-refractivity contribution is 5.82. The largest absolute Gasteiger partial charge is 0.369 e. The van der Waals surface area contributed by atoms with Crippen LogP contribution in [0, 0.1) is 6.92 Å². The Hall–Kier alpha value is -1.38. The molecule has 0 aliphatic carbocycles. The van der Waals surface area contributed by atoms with E-state index in [0.717, 1.165) is 17.7 Å². The average Bonchev–Trinajstić information content (AvgIpc) is 2.09. The number of aromatic nitrogens is 1. The Labute approximate surface area is 78.0 Å². The molecule has 0 aliphatic rings. The molecule has 3 heteroatoms. The smallest absolute Gasteiger partial charge is 0.225 e. The summed E-state index contributed by atoms with van der Waals surface area (Å²) in [5.74, 6) is -0.479. The number of pyridine rings is 1. The molecule has 1 aromatic rings. The highest BCUT2D eigenvalue weighted by Gasteiger charge is 2.17. The van der Waals surface area contributed by atoms with Gasteiger partial charge in [-0.3, -0.25) is 9.78 Å². The van der Waals surface area contributed by atoms with Crippen molar-refractivity contribution in [3.63, 3.8) is 0 Å². The number of amides is 1. The first-order chi connectivity index (χ1) is 6.16. The monoisotopic (exact) mass is 178 g/mol. The Kier molecular flexibility index (Phi) is 3.01. The third kappa shape index (κ3) is 2.05. The molecule has 0 aliphatic heterocycles. The topological polar surface area (TPSA) is 56.0 Å². The maximum absolute atomic E-state index is 11.1. The summed E-state index contributed by atoms with van der Waals surface area (Å²) < 4.78 is 0. The van der Waals surface area contributed by atoms with Gasteiger partial charge in [-0.05, 0) is 25.0 Å². The van der Waals surface area contributed by atoms with Gasteiger partial charge in [0.1, 0.15) is 0 Å². The van der Waals surface area contributed by atoms with Crippen LogP contribution < -0.4 is 5.73 Å². The molecule has 2 N–H and O–H groups in total. The molecular formula is C10H14N2O. The lowest BCUT2D eigenvalue weighted by Crippen LogP contribution is -2.21. The van der Waals surface area contributed by atoms with Gasteiger partial charge in [-0.1, -0.05) is 13.0 Å². The van der Waals surface area contributed by atoms with E-state index in [9.17, 15) is 4.79 Å². The second kappa shape index (κ2) is 4.03. The molecule has 0 fully saturated rings. The van der Waals surface area contributed by atoms with Gasteiger partial charge < -0.3 is 5.73 Å². The third-order valence-electron chi connectivity index (χ3n) is 2.17. The van der Waals surface area contributed by atoms with Gasteiger partial charge in [0.2, 0.25) is 5.91 Å². The summed E-state index contributed by atoms with van der Waals surface area (Å²) in [6, 6.07) is 3.73. The van der Waals surface area contributed by atoms with Gasteiger partial charge in [0.25, 0.3) is 0 Å². The van der Waals surface area contributed by atoms with E-state index >= 15 is 0 Å². The molecule has 1 rings (SSSR count). The summed E-state index contributed by atoms with van der Waals surface area (Å²) in [5.41, 5.74) is 7.11. The van der Waals surface area contributed by atoms with Crippen LogP contribution in [0.5, 0.6) is 0 Å². The van der Waals surface area contributed by atoms with E-state index in [1.54, 1.807) is 6.20 Å². The van der Waals surface area contributed by atoms with Gasteiger partial charge in [-0.15, -0.1) is 0 Å². The molecule has 0 spiro atoms. The minimum Gasteiger partial charge on any atom is -0.369 e. The van der Waals surface area contributed by atoms with Gasteiger partial charge in [0.15, 0.2) is 0 Å².